The molecule has 0 aliphatic carbocycles. The minimum atomic E-state index is -0.478. The van der Waals surface area contributed by atoms with E-state index in [1.807, 2.05) is 30.3 Å². The summed E-state index contributed by atoms with van der Waals surface area (Å²) in [6.45, 7) is 1.38. The summed E-state index contributed by atoms with van der Waals surface area (Å²) in [7, 11) is 0. The van der Waals surface area contributed by atoms with E-state index in [4.69, 9.17) is 0 Å². The van der Waals surface area contributed by atoms with Gasteiger partial charge in [-0.3, -0.25) is 4.79 Å². The Morgan fingerprint density at radius 2 is 1.87 bits per heavy atom. The minimum Gasteiger partial charge on any atom is -0.347 e. The number of nitrogens with zero attached hydrogens (tertiary/aromatic N) is 4. The topological polar surface area (TPSA) is 92.2 Å². The van der Waals surface area contributed by atoms with Crippen molar-refractivity contribution < 1.29 is 14.0 Å². The molecule has 31 heavy (non-hydrogen) atoms. The zero-order valence-corrected chi connectivity index (χ0v) is 16.9. The average Bonchev–Trinajstić information content (AvgIpc) is 3.44. The van der Waals surface area contributed by atoms with Gasteiger partial charge in [0.2, 0.25) is 0 Å². The number of halogens is 1. The SMILES string of the molecule is O=C(NCc1ccccc1)c1cn(CC2CCCN2C(=O)Nc2ccccc2F)nn1. The average molecular weight is 422 g/mol. The molecule has 0 radical (unpaired) electrons. The van der Waals surface area contributed by atoms with Crippen LogP contribution in [0.1, 0.15) is 28.9 Å². The van der Waals surface area contributed by atoms with Crippen molar-refractivity contribution in [2.45, 2.75) is 32.0 Å². The van der Waals surface area contributed by atoms with Gasteiger partial charge in [0, 0.05) is 13.1 Å². The molecule has 2 aromatic carbocycles. The maximum Gasteiger partial charge on any atom is 0.322 e. The van der Waals surface area contributed by atoms with Crippen LogP contribution in [0.15, 0.2) is 60.8 Å². The number of hydrogen-bond donors (Lipinski definition) is 2. The lowest BCUT2D eigenvalue weighted by Crippen LogP contribution is -2.41. The predicted molar refractivity (Wildman–Crippen MR) is 113 cm³/mol. The van der Waals surface area contributed by atoms with Crippen molar-refractivity contribution in [2.75, 3.05) is 11.9 Å². The maximum absolute atomic E-state index is 13.8. The van der Waals surface area contributed by atoms with Crippen LogP contribution in [0.5, 0.6) is 0 Å². The fourth-order valence-electron chi connectivity index (χ4n) is 3.62. The van der Waals surface area contributed by atoms with Gasteiger partial charge < -0.3 is 15.5 Å². The normalized spacial score (nSPS) is 15.6. The molecule has 1 aromatic heterocycles. The van der Waals surface area contributed by atoms with E-state index < -0.39 is 5.82 Å². The lowest BCUT2D eigenvalue weighted by atomic mass is 10.2. The molecule has 9 heteroatoms. The molecule has 1 fully saturated rings. The van der Waals surface area contributed by atoms with Crippen molar-refractivity contribution >= 4 is 17.6 Å². The van der Waals surface area contributed by atoms with Crippen LogP contribution in [0.25, 0.3) is 0 Å². The molecule has 1 aliphatic rings. The molecule has 2 N–H and O–H groups in total. The molecule has 2 heterocycles. The number of aromatic nitrogens is 3. The third-order valence-electron chi connectivity index (χ3n) is 5.22. The van der Waals surface area contributed by atoms with Crippen molar-refractivity contribution in [3.05, 3.63) is 77.9 Å². The van der Waals surface area contributed by atoms with Gasteiger partial charge in [0.15, 0.2) is 5.69 Å². The summed E-state index contributed by atoms with van der Waals surface area (Å²) < 4.78 is 15.4. The minimum absolute atomic E-state index is 0.117. The molecular weight excluding hydrogens is 399 g/mol. The number of carbonyl (C=O) groups excluding carboxylic acids is 2. The van der Waals surface area contributed by atoms with Crippen molar-refractivity contribution in [3.63, 3.8) is 0 Å². The first kappa shape index (κ1) is 20.5. The fourth-order valence-corrected chi connectivity index (χ4v) is 3.62. The molecule has 1 atom stereocenters. The molecule has 1 saturated heterocycles. The lowest BCUT2D eigenvalue weighted by molar-refractivity contribution is 0.0945. The summed E-state index contributed by atoms with van der Waals surface area (Å²) in [6, 6.07) is 15.2. The van der Waals surface area contributed by atoms with Crippen LogP contribution >= 0.6 is 0 Å². The Balaban J connectivity index is 1.34. The Kier molecular flexibility index (Phi) is 6.21. The number of urea groups is 1. The van der Waals surface area contributed by atoms with E-state index in [0.29, 0.717) is 19.6 Å². The van der Waals surface area contributed by atoms with E-state index in [2.05, 4.69) is 20.9 Å². The Morgan fingerprint density at radius 1 is 1.10 bits per heavy atom. The summed E-state index contributed by atoms with van der Waals surface area (Å²) in [6.07, 6.45) is 3.21. The molecule has 4 rings (SSSR count). The number of hydrogen-bond acceptors (Lipinski definition) is 4. The van der Waals surface area contributed by atoms with Crippen LogP contribution < -0.4 is 10.6 Å². The number of para-hydroxylation sites is 1. The third-order valence-corrected chi connectivity index (χ3v) is 5.22. The van der Waals surface area contributed by atoms with Gasteiger partial charge in [-0.25, -0.2) is 13.9 Å². The molecule has 3 aromatic rings. The van der Waals surface area contributed by atoms with Crippen LogP contribution in [0.2, 0.25) is 0 Å². The second-order valence-corrected chi connectivity index (χ2v) is 7.39. The van der Waals surface area contributed by atoms with Gasteiger partial charge >= 0.3 is 6.03 Å². The quantitative estimate of drug-likeness (QED) is 0.639. The summed E-state index contributed by atoms with van der Waals surface area (Å²) in [5.41, 5.74) is 1.36. The number of benzene rings is 2. The van der Waals surface area contributed by atoms with E-state index in [0.717, 1.165) is 18.4 Å². The first-order valence-electron chi connectivity index (χ1n) is 10.1. The Hall–Kier alpha value is -3.75. The first-order valence-corrected chi connectivity index (χ1v) is 10.1. The molecule has 0 saturated carbocycles. The Morgan fingerprint density at radius 3 is 2.68 bits per heavy atom. The van der Waals surface area contributed by atoms with E-state index in [1.54, 1.807) is 27.9 Å². The van der Waals surface area contributed by atoms with Crippen LogP contribution in [0.4, 0.5) is 14.9 Å². The highest BCUT2D eigenvalue weighted by Gasteiger charge is 2.30. The number of amides is 3. The van der Waals surface area contributed by atoms with Gasteiger partial charge in [0.25, 0.3) is 5.91 Å². The van der Waals surface area contributed by atoms with E-state index >= 15 is 0 Å². The van der Waals surface area contributed by atoms with Crippen molar-refractivity contribution in [1.82, 2.24) is 25.2 Å². The Labute approximate surface area is 179 Å². The van der Waals surface area contributed by atoms with Crippen LogP contribution in [0.3, 0.4) is 0 Å². The monoisotopic (exact) mass is 422 g/mol. The smallest absolute Gasteiger partial charge is 0.322 e. The molecular formula is C22H23FN6O2. The van der Waals surface area contributed by atoms with Crippen molar-refractivity contribution in [2.24, 2.45) is 0 Å². The largest absolute Gasteiger partial charge is 0.347 e. The summed E-state index contributed by atoms with van der Waals surface area (Å²) in [5.74, 6) is -0.787. The first-order chi connectivity index (χ1) is 15.1. The summed E-state index contributed by atoms with van der Waals surface area (Å²) in [4.78, 5) is 26.6. The number of nitrogens with one attached hydrogen (secondary N) is 2. The van der Waals surface area contributed by atoms with Gasteiger partial charge in [0.05, 0.1) is 24.5 Å². The van der Waals surface area contributed by atoms with Crippen molar-refractivity contribution in [1.29, 1.82) is 0 Å². The van der Waals surface area contributed by atoms with Crippen LogP contribution in [0, 0.1) is 5.82 Å². The number of anilines is 1. The van der Waals surface area contributed by atoms with E-state index in [1.165, 1.54) is 12.1 Å². The molecule has 8 nitrogen and oxygen atoms in total. The standard InChI is InChI=1S/C22H23FN6O2/c23-18-10-4-5-11-19(18)25-22(31)29-12-6-9-17(29)14-28-15-20(26-27-28)21(30)24-13-16-7-2-1-3-8-16/h1-5,7-8,10-11,15,17H,6,9,12-14H2,(H,24,30)(H,25,31). The molecule has 0 spiro atoms. The third kappa shape index (κ3) is 5.06. The number of carbonyl (C=O) groups is 2. The number of rotatable bonds is 6. The number of likely N-dealkylation sites (tertiary alicyclic amines) is 1. The van der Waals surface area contributed by atoms with Gasteiger partial charge in [-0.1, -0.05) is 47.7 Å². The van der Waals surface area contributed by atoms with E-state index in [-0.39, 0.29) is 29.4 Å². The van der Waals surface area contributed by atoms with Crippen LogP contribution in [-0.2, 0) is 13.1 Å². The highest BCUT2D eigenvalue weighted by Crippen LogP contribution is 2.21. The van der Waals surface area contributed by atoms with Crippen LogP contribution in [-0.4, -0.2) is 44.4 Å². The van der Waals surface area contributed by atoms with Gasteiger partial charge in [-0.2, -0.15) is 0 Å². The predicted octanol–water partition coefficient (Wildman–Crippen LogP) is 3.04. The molecule has 0 bridgehead atoms. The molecule has 3 amide bonds. The summed E-state index contributed by atoms with van der Waals surface area (Å²) in [5, 5.41) is 13.4. The highest BCUT2D eigenvalue weighted by atomic mass is 19.1. The van der Waals surface area contributed by atoms with Gasteiger partial charge in [0.1, 0.15) is 5.82 Å². The lowest BCUT2D eigenvalue weighted by Gasteiger charge is -2.24. The Bertz CT molecular complexity index is 1050. The zero-order valence-electron chi connectivity index (χ0n) is 16.9. The van der Waals surface area contributed by atoms with Gasteiger partial charge in [-0.15, -0.1) is 5.10 Å². The van der Waals surface area contributed by atoms with Crippen molar-refractivity contribution in [3.8, 4) is 0 Å². The summed E-state index contributed by atoms with van der Waals surface area (Å²) >= 11 is 0. The molecule has 1 aliphatic heterocycles. The molecule has 1 unspecified atom stereocenters. The van der Waals surface area contributed by atoms with E-state index in [9.17, 15) is 14.0 Å². The second-order valence-electron chi connectivity index (χ2n) is 7.39. The molecule has 160 valence electrons. The second kappa shape index (κ2) is 9.38. The maximum atomic E-state index is 13.8. The van der Waals surface area contributed by atoms with Gasteiger partial charge in [-0.05, 0) is 30.5 Å². The zero-order chi connectivity index (χ0) is 21.6. The highest BCUT2D eigenvalue weighted by molar-refractivity contribution is 5.91. The fraction of sp³-hybridized carbons (Fsp3) is 0.273.